The lowest BCUT2D eigenvalue weighted by atomic mass is 9.72. The van der Waals surface area contributed by atoms with E-state index in [0.717, 1.165) is 20.0 Å². The van der Waals surface area contributed by atoms with Crippen molar-refractivity contribution in [3.05, 3.63) is 30.1 Å². The molecule has 4 heteroatoms. The Balaban J connectivity index is 1.85. The Morgan fingerprint density at radius 3 is 2.56 bits per heavy atom. The maximum atomic E-state index is 2.61. The molecule has 3 atom stereocenters. The van der Waals surface area contributed by atoms with Gasteiger partial charge in [-0.15, -0.1) is 0 Å². The fourth-order valence-corrected chi connectivity index (χ4v) is 4.25. The van der Waals surface area contributed by atoms with Gasteiger partial charge in [0.1, 0.15) is 7.05 Å². The van der Waals surface area contributed by atoms with E-state index in [9.17, 15) is 0 Å². The fourth-order valence-electron chi connectivity index (χ4n) is 4.25. The van der Waals surface area contributed by atoms with Crippen molar-refractivity contribution < 1.29 is 4.57 Å². The maximum Gasteiger partial charge on any atom is 0.191 e. The molecule has 3 unspecified atom stereocenters. The second kappa shape index (κ2) is 3.53. The molecule has 1 aromatic rings. The van der Waals surface area contributed by atoms with E-state index in [-0.39, 0.29) is 5.41 Å². The molecule has 4 aliphatic heterocycles. The first-order chi connectivity index (χ1) is 8.69. The maximum absolute atomic E-state index is 2.61. The number of hydrogen-bond acceptors (Lipinski definition) is 3. The van der Waals surface area contributed by atoms with E-state index in [1.54, 1.807) is 0 Å². The molecule has 0 saturated carbocycles. The van der Waals surface area contributed by atoms with Crippen LogP contribution >= 0.6 is 0 Å². The first kappa shape index (κ1) is 10.9. The van der Waals surface area contributed by atoms with Crippen molar-refractivity contribution in [1.29, 1.82) is 0 Å². The number of hydrogen-bond donors (Lipinski definition) is 0. The fraction of sp³-hybridized carbons (Fsp3) is 0.643. The molecule has 0 amide bonds. The molecule has 4 fully saturated rings. The van der Waals surface area contributed by atoms with Crippen LogP contribution in [-0.2, 0) is 12.5 Å². The van der Waals surface area contributed by atoms with Gasteiger partial charge in [0, 0.05) is 31.3 Å². The summed E-state index contributed by atoms with van der Waals surface area (Å²) in [5, 5.41) is 0. The second-order valence-corrected chi connectivity index (χ2v) is 6.20. The second-order valence-electron chi connectivity index (χ2n) is 6.20. The van der Waals surface area contributed by atoms with Crippen LogP contribution in [0.5, 0.6) is 0 Å². The lowest BCUT2D eigenvalue weighted by molar-refractivity contribution is -0.684. The first-order valence-electron chi connectivity index (χ1n) is 6.83. The summed E-state index contributed by atoms with van der Waals surface area (Å²) in [6.45, 7) is 8.28. The van der Waals surface area contributed by atoms with Gasteiger partial charge in [-0.1, -0.05) is 6.07 Å². The predicted octanol–water partition coefficient (Wildman–Crippen LogP) is -0.0433. The minimum absolute atomic E-state index is 0.282. The lowest BCUT2D eigenvalue weighted by Gasteiger charge is -2.62. The third-order valence-corrected chi connectivity index (χ3v) is 5.09. The van der Waals surface area contributed by atoms with Crippen molar-refractivity contribution >= 4 is 0 Å². The largest absolute Gasteiger partial charge is 0.276 e. The molecule has 1 aromatic heterocycles. The van der Waals surface area contributed by atoms with Gasteiger partial charge in [0.05, 0.1) is 25.4 Å². The molecule has 0 aliphatic carbocycles. The average Bonchev–Trinajstić information content (AvgIpc) is 2.35. The van der Waals surface area contributed by atoms with Crippen LogP contribution in [0.1, 0.15) is 12.6 Å². The molecule has 4 saturated heterocycles. The van der Waals surface area contributed by atoms with Gasteiger partial charge in [-0.2, -0.15) is 0 Å². The van der Waals surface area contributed by atoms with Crippen LogP contribution in [0, 0.1) is 0 Å². The van der Waals surface area contributed by atoms with Gasteiger partial charge in [-0.05, 0) is 6.92 Å². The van der Waals surface area contributed by atoms with Crippen LogP contribution in [0.2, 0.25) is 0 Å². The highest BCUT2D eigenvalue weighted by atomic mass is 15.5. The predicted molar refractivity (Wildman–Crippen MR) is 68.6 cm³/mol. The number of pyridine rings is 1. The average molecular weight is 245 g/mol. The van der Waals surface area contributed by atoms with Gasteiger partial charge in [0.2, 0.25) is 0 Å². The Bertz CT molecular complexity index is 472. The van der Waals surface area contributed by atoms with Crippen molar-refractivity contribution in [3.63, 3.8) is 0 Å². The third-order valence-electron chi connectivity index (χ3n) is 5.09. The highest BCUT2D eigenvalue weighted by Crippen LogP contribution is 2.41. The molecular weight excluding hydrogens is 224 g/mol. The quantitative estimate of drug-likeness (QED) is 0.645. The minimum Gasteiger partial charge on any atom is -0.276 e. The molecule has 4 nitrogen and oxygen atoms in total. The summed E-state index contributed by atoms with van der Waals surface area (Å²) in [4.78, 5) is 7.78. The first-order valence-corrected chi connectivity index (χ1v) is 6.83. The monoisotopic (exact) mass is 245 g/mol. The molecule has 18 heavy (non-hydrogen) atoms. The zero-order chi connectivity index (χ0) is 12.3. The van der Waals surface area contributed by atoms with Crippen LogP contribution in [0.4, 0.5) is 0 Å². The van der Waals surface area contributed by atoms with Gasteiger partial charge >= 0.3 is 0 Å². The van der Waals surface area contributed by atoms with Crippen LogP contribution in [-0.4, -0.2) is 53.8 Å². The zero-order valence-corrected chi connectivity index (χ0v) is 11.2. The number of aryl methyl sites for hydroxylation is 1. The highest BCUT2D eigenvalue weighted by molar-refractivity contribution is 5.23. The van der Waals surface area contributed by atoms with E-state index in [1.165, 1.54) is 18.8 Å². The molecule has 4 aliphatic rings. The summed E-state index contributed by atoms with van der Waals surface area (Å²) in [6.07, 6.45) is 2.18. The van der Waals surface area contributed by atoms with Crippen molar-refractivity contribution in [2.45, 2.75) is 18.4 Å². The van der Waals surface area contributed by atoms with E-state index in [2.05, 4.69) is 57.6 Å². The van der Waals surface area contributed by atoms with Crippen LogP contribution < -0.4 is 4.57 Å². The van der Waals surface area contributed by atoms with E-state index < -0.39 is 0 Å². The summed E-state index contributed by atoms with van der Waals surface area (Å²) in [5.41, 5.74) is 1.77. The normalized spacial score (nSPS) is 45.4. The third kappa shape index (κ3) is 1.28. The molecule has 0 radical (unpaired) electrons. The highest BCUT2D eigenvalue weighted by Gasteiger charge is 2.57. The molecule has 0 aromatic carbocycles. The number of rotatable bonds is 1. The Morgan fingerprint density at radius 2 is 1.89 bits per heavy atom. The molecule has 5 rings (SSSR count). The summed E-state index contributed by atoms with van der Waals surface area (Å²) in [6, 6.07) is 7.25. The van der Waals surface area contributed by atoms with Gasteiger partial charge in [-0.3, -0.25) is 14.7 Å². The van der Waals surface area contributed by atoms with Gasteiger partial charge in [-0.25, -0.2) is 4.57 Å². The van der Waals surface area contributed by atoms with Gasteiger partial charge in [0.15, 0.2) is 11.9 Å². The molecule has 96 valence electrons. The number of aromatic nitrogens is 1. The van der Waals surface area contributed by atoms with E-state index in [0.29, 0.717) is 6.04 Å². The SMILES string of the molecule is CC1N2CN3CN(C2)CC1(c1cccc[n+]1C)C3. The Hall–Kier alpha value is -0.970. The summed E-state index contributed by atoms with van der Waals surface area (Å²) < 4.78 is 2.31. The molecule has 0 N–H and O–H groups in total. The molecule has 4 bridgehead atoms. The zero-order valence-electron chi connectivity index (χ0n) is 11.2. The van der Waals surface area contributed by atoms with Gasteiger partial charge in [0.25, 0.3) is 0 Å². The Labute approximate surface area is 108 Å². The van der Waals surface area contributed by atoms with Crippen molar-refractivity contribution in [1.82, 2.24) is 14.7 Å². The minimum atomic E-state index is 0.282. The van der Waals surface area contributed by atoms with Crippen LogP contribution in [0.25, 0.3) is 0 Å². The van der Waals surface area contributed by atoms with Crippen LogP contribution in [0.3, 0.4) is 0 Å². The Kier molecular flexibility index (Phi) is 2.14. The van der Waals surface area contributed by atoms with E-state index >= 15 is 0 Å². The van der Waals surface area contributed by atoms with Gasteiger partial charge < -0.3 is 0 Å². The summed E-state index contributed by atoms with van der Waals surface area (Å²) >= 11 is 0. The molecule has 5 heterocycles. The summed E-state index contributed by atoms with van der Waals surface area (Å²) in [5.74, 6) is 0. The lowest BCUT2D eigenvalue weighted by Crippen LogP contribution is -2.78. The Morgan fingerprint density at radius 1 is 1.17 bits per heavy atom. The number of nitrogens with zero attached hydrogens (tertiary/aromatic N) is 4. The van der Waals surface area contributed by atoms with E-state index in [1.807, 2.05) is 0 Å². The standard InChI is InChI=1S/C14H21N4/c1-12-14(13-5-3-4-6-15(13)2)7-16-9-17(8-14)11-18(12)10-16/h3-6,12H,7-11H2,1-2H3/q+1. The van der Waals surface area contributed by atoms with Crippen molar-refractivity contribution in [2.75, 3.05) is 33.1 Å². The molecular formula is C14H21N4+. The van der Waals surface area contributed by atoms with E-state index in [4.69, 9.17) is 0 Å². The summed E-state index contributed by atoms with van der Waals surface area (Å²) in [7, 11) is 2.18. The molecule has 0 spiro atoms. The smallest absolute Gasteiger partial charge is 0.191 e. The van der Waals surface area contributed by atoms with Crippen LogP contribution in [0.15, 0.2) is 24.4 Å². The topological polar surface area (TPSA) is 13.6 Å². The van der Waals surface area contributed by atoms with Crippen molar-refractivity contribution in [2.24, 2.45) is 7.05 Å². The van der Waals surface area contributed by atoms with Crippen molar-refractivity contribution in [3.8, 4) is 0 Å².